The molecule has 0 spiro atoms. The monoisotopic (exact) mass is 1600 g/mol. The SMILES string of the molecule is CC.CC.CC.CC.CCCCCCCCCC.Cc1ccccc1-c1cccc[n+]1C.Cc1ccccc1-c1cccc[n+]1C.Cc1ccccc1-c1cccc[n+]1C.Cc1ccccc1-c1cccc[n+]1C.Cc1ccccc1-c1cccc[n+]1C.Cc1ccccc1-c1cccc[n+]1C.c1ccc(-c2ccccc2)cc1.c1ccccc1. The summed E-state index contributed by atoms with van der Waals surface area (Å²) in [6, 6.07) is 121. The maximum Gasteiger partial charge on any atom is 0.212 e. The summed E-state index contributed by atoms with van der Waals surface area (Å²) in [6.07, 6.45) is 23.9. The van der Waals surface area contributed by atoms with E-state index in [0.717, 1.165) is 0 Å². The summed E-state index contributed by atoms with van der Waals surface area (Å²) in [4.78, 5) is 0. The van der Waals surface area contributed by atoms with E-state index in [4.69, 9.17) is 0 Å². The molecule has 0 aliphatic heterocycles. The van der Waals surface area contributed by atoms with Crippen molar-refractivity contribution in [2.24, 2.45) is 42.3 Å². The molecule has 0 unspecified atom stereocenters. The van der Waals surface area contributed by atoms with Crippen molar-refractivity contribution in [2.75, 3.05) is 0 Å². The lowest BCUT2D eigenvalue weighted by Gasteiger charge is -2.02. The van der Waals surface area contributed by atoms with Gasteiger partial charge in [0.2, 0.25) is 34.2 Å². The number of benzene rings is 9. The van der Waals surface area contributed by atoms with Crippen LogP contribution in [0.1, 0.15) is 154 Å². The molecule has 0 saturated heterocycles. The van der Waals surface area contributed by atoms with Crippen molar-refractivity contribution in [1.29, 1.82) is 0 Å². The van der Waals surface area contributed by atoms with Crippen LogP contribution in [0.3, 0.4) is 0 Å². The molecule has 15 rings (SSSR count). The van der Waals surface area contributed by atoms with Gasteiger partial charge in [-0.05, 0) is 159 Å². The lowest BCUT2D eigenvalue weighted by Crippen LogP contribution is -2.30. The van der Waals surface area contributed by atoms with Crippen molar-refractivity contribution in [1.82, 2.24) is 0 Å². The molecule has 6 aromatic heterocycles. The molecule has 0 aliphatic rings. The third kappa shape index (κ3) is 37.2. The summed E-state index contributed by atoms with van der Waals surface area (Å²) in [7, 11) is 12.4. The van der Waals surface area contributed by atoms with Crippen LogP contribution in [0.2, 0.25) is 0 Å². The van der Waals surface area contributed by atoms with Gasteiger partial charge in [0.1, 0.15) is 42.3 Å². The van der Waals surface area contributed by atoms with E-state index in [1.165, 1.54) is 163 Å². The summed E-state index contributed by atoms with van der Waals surface area (Å²) >= 11 is 0. The maximum atomic E-state index is 2.27. The molecule has 6 heteroatoms. The van der Waals surface area contributed by atoms with E-state index in [0.29, 0.717) is 0 Å². The third-order valence-electron chi connectivity index (χ3n) is 19.4. The predicted molar refractivity (Wildman–Crippen MR) is 519 cm³/mol. The van der Waals surface area contributed by atoms with E-state index >= 15 is 0 Å². The zero-order valence-electron chi connectivity index (χ0n) is 77.3. The molecule has 0 saturated carbocycles. The van der Waals surface area contributed by atoms with Crippen molar-refractivity contribution < 1.29 is 27.4 Å². The van der Waals surface area contributed by atoms with Crippen molar-refractivity contribution in [3.63, 3.8) is 0 Å². The quantitative estimate of drug-likeness (QED) is 0.0765. The highest BCUT2D eigenvalue weighted by Gasteiger charge is 2.15. The average molecular weight is 1600 g/mol. The average Bonchev–Trinajstić information content (AvgIpc) is 0.863. The summed E-state index contributed by atoms with van der Waals surface area (Å²) in [5.41, 5.74) is 25.8. The highest BCUT2D eigenvalue weighted by atomic mass is 14.9. The van der Waals surface area contributed by atoms with Gasteiger partial charge in [-0.2, -0.15) is 0 Å². The second kappa shape index (κ2) is 63.0. The largest absolute Gasteiger partial charge is 0.212 e. The highest BCUT2D eigenvalue weighted by Crippen LogP contribution is 2.25. The van der Waals surface area contributed by atoms with Crippen LogP contribution in [-0.4, -0.2) is 0 Å². The molecule has 120 heavy (non-hydrogen) atoms. The van der Waals surface area contributed by atoms with E-state index in [1.807, 2.05) is 140 Å². The number of hydrogen-bond donors (Lipinski definition) is 0. The first kappa shape index (κ1) is 102. The fourth-order valence-corrected chi connectivity index (χ4v) is 12.8. The molecule has 0 aliphatic carbocycles. The molecule has 6 nitrogen and oxygen atoms in total. The molecule has 0 fully saturated rings. The fourth-order valence-electron chi connectivity index (χ4n) is 12.8. The van der Waals surface area contributed by atoms with E-state index in [2.05, 4.69) is 429 Å². The van der Waals surface area contributed by atoms with E-state index in [9.17, 15) is 0 Å². The first-order chi connectivity index (χ1) is 58.6. The van der Waals surface area contributed by atoms with Gasteiger partial charge in [-0.25, -0.2) is 27.4 Å². The minimum atomic E-state index is 1.26. The zero-order chi connectivity index (χ0) is 87.9. The summed E-state index contributed by atoms with van der Waals surface area (Å²) in [5.74, 6) is 0. The molecule has 9 aromatic carbocycles. The van der Waals surface area contributed by atoms with Gasteiger partial charge in [-0.15, -0.1) is 0 Å². The second-order valence-electron chi connectivity index (χ2n) is 28.1. The molecule has 0 atom stereocenters. The van der Waals surface area contributed by atoms with Gasteiger partial charge in [0.05, 0.1) is 0 Å². The lowest BCUT2D eigenvalue weighted by atomic mass is 10.1. The Balaban J connectivity index is 0.000000347. The molecule has 0 radical (unpaired) electrons. The van der Waals surface area contributed by atoms with E-state index in [-0.39, 0.29) is 0 Å². The summed E-state index contributed by atoms with van der Waals surface area (Å²) in [5, 5.41) is 0. The van der Waals surface area contributed by atoms with E-state index in [1.54, 1.807) is 0 Å². The number of rotatable bonds is 14. The Kier molecular flexibility index (Phi) is 53.6. The molecule has 0 N–H and O–H groups in total. The van der Waals surface area contributed by atoms with Gasteiger partial charge in [-0.3, -0.25) is 0 Å². The van der Waals surface area contributed by atoms with E-state index < -0.39 is 0 Å². The van der Waals surface area contributed by atoms with Crippen LogP contribution in [0.5, 0.6) is 0 Å². The molecule has 15 aromatic rings. The van der Waals surface area contributed by atoms with Crippen LogP contribution in [-0.2, 0) is 42.3 Å². The van der Waals surface area contributed by atoms with Crippen molar-refractivity contribution in [3.8, 4) is 78.7 Å². The fraction of sp³-hybridized carbons (Fsp3) is 0.263. The number of aromatic nitrogens is 6. The van der Waals surface area contributed by atoms with Gasteiger partial charge >= 0.3 is 0 Å². The molecular formula is C114H146N6+6. The van der Waals surface area contributed by atoms with Crippen LogP contribution >= 0.6 is 0 Å². The normalized spacial score (nSPS) is 9.52. The van der Waals surface area contributed by atoms with Crippen molar-refractivity contribution in [3.05, 3.63) is 422 Å². The number of aryl methyl sites for hydroxylation is 12. The number of hydrogen-bond acceptors (Lipinski definition) is 0. The predicted octanol–water partition coefficient (Wildman–Crippen LogP) is 28.2. The highest BCUT2D eigenvalue weighted by molar-refractivity contribution is 5.66. The minimum Gasteiger partial charge on any atom is -0.201 e. The molecule has 6 heterocycles. The Labute approximate surface area is 728 Å². The van der Waals surface area contributed by atoms with Gasteiger partial charge in [0.25, 0.3) is 0 Å². The summed E-state index contributed by atoms with van der Waals surface area (Å²) in [6.45, 7) is 33.4. The van der Waals surface area contributed by atoms with Crippen LogP contribution in [0.4, 0.5) is 0 Å². The molecular weight excluding hydrogens is 1450 g/mol. The van der Waals surface area contributed by atoms with Crippen LogP contribution in [0.25, 0.3) is 78.7 Å². The topological polar surface area (TPSA) is 23.3 Å². The lowest BCUT2D eigenvalue weighted by molar-refractivity contribution is -0.660. The molecule has 0 amide bonds. The molecule has 0 bridgehead atoms. The number of nitrogens with zero attached hydrogens (tertiary/aromatic N) is 6. The first-order valence-electron chi connectivity index (χ1n) is 43.8. The van der Waals surface area contributed by atoms with Crippen molar-refractivity contribution in [2.45, 2.75) is 162 Å². The Morgan fingerprint density at radius 3 is 0.442 bits per heavy atom. The van der Waals surface area contributed by atoms with Crippen LogP contribution < -0.4 is 27.4 Å². The minimum absolute atomic E-state index is 1.26. The Bertz CT molecular complexity index is 4120. The third-order valence-corrected chi connectivity index (χ3v) is 19.4. The smallest absolute Gasteiger partial charge is 0.201 e. The first-order valence-corrected chi connectivity index (χ1v) is 43.8. The van der Waals surface area contributed by atoms with Crippen LogP contribution in [0.15, 0.2) is 389 Å². The Morgan fingerprint density at radius 2 is 0.292 bits per heavy atom. The van der Waals surface area contributed by atoms with Gasteiger partial charge < -0.3 is 0 Å². The number of pyridine rings is 6. The van der Waals surface area contributed by atoms with Crippen molar-refractivity contribution >= 4 is 0 Å². The standard InChI is InChI=1S/6C13H14N.C12H10.C10H22.C6H6.4C2H6/c6*1-11-7-3-4-8-12(11)13-9-5-6-10-14(13)2;1-3-7-11(8-4-1)12-9-5-2-6-10-12;1-3-5-7-9-10-8-6-4-2;1-2-4-6-5-3-1;4*1-2/h6*3-10H,1-2H3;1-10H;3-10H2,1-2H3;1-6H;4*1-2H3/q6*+1;;;;;;;. The Hall–Kier alpha value is -12.1. The van der Waals surface area contributed by atoms with Gasteiger partial charge in [0.15, 0.2) is 37.2 Å². The van der Waals surface area contributed by atoms with Crippen LogP contribution in [0, 0.1) is 41.5 Å². The Morgan fingerprint density at radius 1 is 0.158 bits per heavy atom. The van der Waals surface area contributed by atoms with Gasteiger partial charge in [0, 0.05) is 106 Å². The molecule has 626 valence electrons. The zero-order valence-corrected chi connectivity index (χ0v) is 77.3. The maximum absolute atomic E-state index is 2.27. The summed E-state index contributed by atoms with van der Waals surface area (Å²) < 4.78 is 12.8. The van der Waals surface area contributed by atoms with Gasteiger partial charge in [-0.1, -0.05) is 327 Å². The number of unbranched alkanes of at least 4 members (excludes halogenated alkanes) is 7. The second-order valence-corrected chi connectivity index (χ2v) is 28.1.